The molecule has 0 saturated carbocycles. The molecule has 0 spiro atoms. The SMILES string of the molecule is C[NH+]1c2ccccc2C(=O)c2ccccc21. The van der Waals surface area contributed by atoms with Crippen LogP contribution in [0.5, 0.6) is 0 Å². The number of fused-ring (bicyclic) bond motifs is 2. The van der Waals surface area contributed by atoms with E-state index in [4.69, 9.17) is 0 Å². The number of benzene rings is 2. The first-order valence-electron chi connectivity index (χ1n) is 5.36. The minimum absolute atomic E-state index is 0.136. The summed E-state index contributed by atoms with van der Waals surface area (Å²) in [6.07, 6.45) is 0. The summed E-state index contributed by atoms with van der Waals surface area (Å²) in [6, 6.07) is 15.6. The molecule has 1 aliphatic rings. The van der Waals surface area contributed by atoms with Gasteiger partial charge in [-0.15, -0.1) is 0 Å². The highest BCUT2D eigenvalue weighted by Crippen LogP contribution is 2.25. The lowest BCUT2D eigenvalue weighted by Crippen LogP contribution is -2.99. The van der Waals surface area contributed by atoms with Crippen LogP contribution in [-0.4, -0.2) is 12.8 Å². The first-order chi connectivity index (χ1) is 7.79. The highest BCUT2D eigenvalue weighted by atomic mass is 16.1. The van der Waals surface area contributed by atoms with Crippen LogP contribution < -0.4 is 4.90 Å². The van der Waals surface area contributed by atoms with Crippen LogP contribution >= 0.6 is 0 Å². The smallest absolute Gasteiger partial charge is 0.205 e. The lowest BCUT2D eigenvalue weighted by atomic mass is 9.95. The summed E-state index contributed by atoms with van der Waals surface area (Å²) in [4.78, 5) is 13.4. The minimum atomic E-state index is 0.136. The number of para-hydroxylation sites is 2. The van der Waals surface area contributed by atoms with Crippen LogP contribution in [0, 0.1) is 0 Å². The third kappa shape index (κ3) is 1.14. The Morgan fingerprint density at radius 3 is 1.75 bits per heavy atom. The molecule has 0 radical (unpaired) electrons. The van der Waals surface area contributed by atoms with Crippen molar-refractivity contribution in [1.82, 2.24) is 0 Å². The second-order valence-electron chi connectivity index (χ2n) is 4.05. The fourth-order valence-corrected chi connectivity index (χ4v) is 2.31. The molecule has 0 fully saturated rings. The van der Waals surface area contributed by atoms with Gasteiger partial charge in [0, 0.05) is 12.1 Å². The summed E-state index contributed by atoms with van der Waals surface area (Å²) >= 11 is 0. The Balaban J connectivity index is 2.30. The second kappa shape index (κ2) is 3.29. The van der Waals surface area contributed by atoms with E-state index in [1.807, 2.05) is 48.5 Å². The molecule has 16 heavy (non-hydrogen) atoms. The van der Waals surface area contributed by atoms with Gasteiger partial charge in [0.2, 0.25) is 5.78 Å². The van der Waals surface area contributed by atoms with Crippen LogP contribution in [0.3, 0.4) is 0 Å². The molecule has 1 aliphatic heterocycles. The predicted octanol–water partition coefficient (Wildman–Crippen LogP) is 1.71. The largest absolute Gasteiger partial charge is 0.288 e. The highest BCUT2D eigenvalue weighted by Gasteiger charge is 2.30. The van der Waals surface area contributed by atoms with Crippen molar-refractivity contribution in [2.45, 2.75) is 0 Å². The van der Waals surface area contributed by atoms with E-state index in [9.17, 15) is 4.79 Å². The average Bonchev–Trinajstić information content (AvgIpc) is 2.36. The van der Waals surface area contributed by atoms with Crippen LogP contribution in [0.25, 0.3) is 0 Å². The summed E-state index contributed by atoms with van der Waals surface area (Å²) in [7, 11) is 2.07. The van der Waals surface area contributed by atoms with Crippen molar-refractivity contribution in [2.75, 3.05) is 7.05 Å². The maximum absolute atomic E-state index is 12.2. The molecule has 0 amide bonds. The third-order valence-electron chi connectivity index (χ3n) is 3.15. The van der Waals surface area contributed by atoms with Gasteiger partial charge in [-0.2, -0.15) is 0 Å². The van der Waals surface area contributed by atoms with Gasteiger partial charge in [0.25, 0.3) is 0 Å². The van der Waals surface area contributed by atoms with Gasteiger partial charge in [-0.1, -0.05) is 24.3 Å². The number of hydrogen-bond donors (Lipinski definition) is 1. The number of rotatable bonds is 0. The Bertz CT molecular complexity index is 525. The molecular formula is C14H12NO+. The second-order valence-corrected chi connectivity index (χ2v) is 4.05. The first-order valence-corrected chi connectivity index (χ1v) is 5.36. The maximum Gasteiger partial charge on any atom is 0.205 e. The molecule has 2 nitrogen and oxygen atoms in total. The van der Waals surface area contributed by atoms with Gasteiger partial charge in [0.15, 0.2) is 0 Å². The fraction of sp³-hybridized carbons (Fsp3) is 0.0714. The van der Waals surface area contributed by atoms with Crippen molar-refractivity contribution >= 4 is 17.2 Å². The maximum atomic E-state index is 12.2. The zero-order chi connectivity index (χ0) is 11.1. The number of ketones is 1. The normalized spacial score (nSPS) is 14.4. The van der Waals surface area contributed by atoms with Crippen molar-refractivity contribution < 1.29 is 9.69 Å². The Kier molecular flexibility index (Phi) is 1.91. The molecule has 3 rings (SSSR count). The Morgan fingerprint density at radius 2 is 1.25 bits per heavy atom. The van der Waals surface area contributed by atoms with E-state index in [-0.39, 0.29) is 5.78 Å². The Labute approximate surface area is 94.1 Å². The van der Waals surface area contributed by atoms with Crippen molar-refractivity contribution in [3.8, 4) is 0 Å². The van der Waals surface area contributed by atoms with E-state index in [1.165, 1.54) is 4.90 Å². The van der Waals surface area contributed by atoms with E-state index >= 15 is 0 Å². The number of carbonyl (C=O) groups excluding carboxylic acids is 1. The summed E-state index contributed by atoms with van der Waals surface area (Å²) in [6.45, 7) is 0. The van der Waals surface area contributed by atoms with E-state index in [2.05, 4.69) is 7.05 Å². The quantitative estimate of drug-likeness (QED) is 0.702. The van der Waals surface area contributed by atoms with Gasteiger partial charge in [-0.05, 0) is 12.1 Å². The lowest BCUT2D eigenvalue weighted by molar-refractivity contribution is -0.735. The van der Waals surface area contributed by atoms with Gasteiger partial charge in [0.05, 0.1) is 18.2 Å². The molecule has 78 valence electrons. The zero-order valence-electron chi connectivity index (χ0n) is 9.03. The Morgan fingerprint density at radius 1 is 0.812 bits per heavy atom. The number of nitrogens with one attached hydrogen (secondary N) is 1. The van der Waals surface area contributed by atoms with Gasteiger partial charge in [-0.25, -0.2) is 0 Å². The molecular weight excluding hydrogens is 198 g/mol. The van der Waals surface area contributed by atoms with E-state index in [0.717, 1.165) is 22.5 Å². The summed E-state index contributed by atoms with van der Waals surface area (Å²) < 4.78 is 0. The molecule has 2 aromatic rings. The number of carbonyl (C=O) groups is 1. The van der Waals surface area contributed by atoms with Crippen LogP contribution in [0.15, 0.2) is 48.5 Å². The fourth-order valence-electron chi connectivity index (χ4n) is 2.31. The first kappa shape index (κ1) is 9.31. The van der Waals surface area contributed by atoms with Gasteiger partial charge >= 0.3 is 0 Å². The molecule has 2 aromatic carbocycles. The molecule has 0 atom stereocenters. The lowest BCUT2D eigenvalue weighted by Gasteiger charge is -2.22. The topological polar surface area (TPSA) is 21.5 Å². The van der Waals surface area contributed by atoms with Gasteiger partial charge in [-0.3, -0.25) is 9.69 Å². The van der Waals surface area contributed by atoms with E-state index in [0.29, 0.717) is 0 Å². The van der Waals surface area contributed by atoms with Crippen molar-refractivity contribution in [1.29, 1.82) is 0 Å². The molecule has 0 aliphatic carbocycles. The number of quaternary nitrogens is 1. The van der Waals surface area contributed by atoms with E-state index < -0.39 is 0 Å². The molecule has 1 heterocycles. The van der Waals surface area contributed by atoms with Gasteiger partial charge < -0.3 is 0 Å². The highest BCUT2D eigenvalue weighted by molar-refractivity contribution is 6.15. The monoisotopic (exact) mass is 210 g/mol. The average molecular weight is 210 g/mol. The van der Waals surface area contributed by atoms with Crippen molar-refractivity contribution in [3.63, 3.8) is 0 Å². The predicted molar refractivity (Wildman–Crippen MR) is 62.5 cm³/mol. The van der Waals surface area contributed by atoms with E-state index in [1.54, 1.807) is 0 Å². The van der Waals surface area contributed by atoms with Gasteiger partial charge in [0.1, 0.15) is 11.4 Å². The third-order valence-corrected chi connectivity index (χ3v) is 3.15. The minimum Gasteiger partial charge on any atom is -0.288 e. The van der Waals surface area contributed by atoms with Crippen LogP contribution in [0.2, 0.25) is 0 Å². The van der Waals surface area contributed by atoms with Crippen LogP contribution in [0.4, 0.5) is 11.4 Å². The molecule has 0 unspecified atom stereocenters. The number of hydrogen-bond acceptors (Lipinski definition) is 1. The summed E-state index contributed by atoms with van der Waals surface area (Å²) in [5.41, 5.74) is 3.76. The standard InChI is InChI=1S/C14H11NO/c1-15-12-8-4-2-6-10(12)14(16)11-7-3-5-9-13(11)15/h2-9H,1H3/p+1. The molecule has 0 bridgehead atoms. The molecule has 1 N–H and O–H groups in total. The Hall–Kier alpha value is -1.93. The summed E-state index contributed by atoms with van der Waals surface area (Å²) in [5.74, 6) is 0.136. The van der Waals surface area contributed by atoms with Crippen molar-refractivity contribution in [2.24, 2.45) is 0 Å². The summed E-state index contributed by atoms with van der Waals surface area (Å²) in [5, 5.41) is 0. The van der Waals surface area contributed by atoms with Crippen LogP contribution in [-0.2, 0) is 0 Å². The molecule has 0 aromatic heterocycles. The van der Waals surface area contributed by atoms with Crippen molar-refractivity contribution in [3.05, 3.63) is 59.7 Å². The molecule has 2 heteroatoms. The van der Waals surface area contributed by atoms with Crippen LogP contribution in [0.1, 0.15) is 15.9 Å². The molecule has 0 saturated heterocycles. The zero-order valence-corrected chi connectivity index (χ0v) is 9.03.